The van der Waals surface area contributed by atoms with Crippen molar-refractivity contribution in [3.05, 3.63) is 137 Å². The van der Waals surface area contributed by atoms with Crippen molar-refractivity contribution in [2.24, 2.45) is 0 Å². The number of carbonyl (C=O) groups is 1. The molecule has 0 aliphatic carbocycles. The lowest BCUT2D eigenvalue weighted by atomic mass is 10.1. The monoisotopic (exact) mass is 494 g/mol. The molecule has 0 fully saturated rings. The normalized spacial score (nSPS) is 10.9. The second-order valence-electron chi connectivity index (χ2n) is 8.34. The quantitative estimate of drug-likeness (QED) is 0.251. The number of hydrogen-bond acceptors (Lipinski definition) is 5. The average Bonchev–Trinajstić information content (AvgIpc) is 3.58. The second kappa shape index (κ2) is 11.6. The Morgan fingerprint density at radius 2 is 1.56 bits per heavy atom. The van der Waals surface area contributed by atoms with Gasteiger partial charge >= 0.3 is 0 Å². The number of carbonyl (C=O) groups excluding carboxylic acids is 1. The zero-order valence-corrected chi connectivity index (χ0v) is 20.5. The number of nitrogens with one attached hydrogen (secondary N) is 1. The first-order valence-electron chi connectivity index (χ1n) is 11.8. The lowest BCUT2D eigenvalue weighted by molar-refractivity contribution is 0.0947. The van der Waals surface area contributed by atoms with Crippen molar-refractivity contribution in [1.82, 2.24) is 20.1 Å². The minimum absolute atomic E-state index is 0.127. The summed E-state index contributed by atoms with van der Waals surface area (Å²) in [5.74, 6) is 2.10. The molecule has 36 heavy (non-hydrogen) atoms. The third-order valence-electron chi connectivity index (χ3n) is 5.80. The van der Waals surface area contributed by atoms with Gasteiger partial charge in [-0.3, -0.25) is 4.79 Å². The summed E-state index contributed by atoms with van der Waals surface area (Å²) in [6.45, 7) is 1.03. The molecule has 0 aliphatic rings. The molecular weight excluding hydrogens is 468 g/mol. The van der Waals surface area contributed by atoms with Crippen LogP contribution >= 0.6 is 11.8 Å². The van der Waals surface area contributed by atoms with Crippen LogP contribution in [0, 0.1) is 0 Å². The number of thioether (sulfide) groups is 1. The summed E-state index contributed by atoms with van der Waals surface area (Å²) in [6, 6.07) is 31.9. The van der Waals surface area contributed by atoms with E-state index in [1.807, 2.05) is 72.8 Å². The number of hydrogen-bond donors (Lipinski definition) is 1. The lowest BCUT2D eigenvalue weighted by Crippen LogP contribution is -2.23. The van der Waals surface area contributed by atoms with Gasteiger partial charge in [0.05, 0.1) is 19.4 Å². The molecule has 0 bridgehead atoms. The molecule has 180 valence electrons. The molecule has 7 heteroatoms. The molecule has 0 spiro atoms. The third-order valence-corrected chi connectivity index (χ3v) is 6.82. The van der Waals surface area contributed by atoms with Crippen LogP contribution in [0.5, 0.6) is 0 Å². The highest BCUT2D eigenvalue weighted by Crippen LogP contribution is 2.26. The molecule has 2 heterocycles. The van der Waals surface area contributed by atoms with Gasteiger partial charge in [-0.25, -0.2) is 0 Å². The molecular formula is C29H26N4O2S. The number of amides is 1. The first-order valence-corrected chi connectivity index (χ1v) is 12.8. The molecule has 1 amide bonds. The zero-order valence-electron chi connectivity index (χ0n) is 19.7. The molecule has 0 saturated carbocycles. The Labute approximate surface area is 214 Å². The number of furan rings is 1. The van der Waals surface area contributed by atoms with Crippen molar-refractivity contribution >= 4 is 17.7 Å². The molecule has 3 aromatic carbocycles. The summed E-state index contributed by atoms with van der Waals surface area (Å²) >= 11 is 1.59. The molecule has 5 rings (SSSR count). The Kier molecular flexibility index (Phi) is 7.58. The van der Waals surface area contributed by atoms with Crippen LogP contribution in [0.15, 0.2) is 113 Å². The van der Waals surface area contributed by atoms with Crippen molar-refractivity contribution in [3.8, 4) is 0 Å². The molecule has 0 unspecified atom stereocenters. The van der Waals surface area contributed by atoms with Crippen molar-refractivity contribution in [2.45, 2.75) is 30.4 Å². The van der Waals surface area contributed by atoms with E-state index in [1.54, 1.807) is 18.0 Å². The molecule has 0 aliphatic heterocycles. The van der Waals surface area contributed by atoms with E-state index in [4.69, 9.17) is 4.42 Å². The van der Waals surface area contributed by atoms with Gasteiger partial charge in [-0.05, 0) is 34.9 Å². The van der Waals surface area contributed by atoms with Crippen LogP contribution in [0.1, 0.15) is 38.6 Å². The molecule has 1 N–H and O–H groups in total. The average molecular weight is 495 g/mol. The Balaban J connectivity index is 1.34. The highest BCUT2D eigenvalue weighted by Gasteiger charge is 2.16. The van der Waals surface area contributed by atoms with Crippen LogP contribution in [0.2, 0.25) is 0 Å². The van der Waals surface area contributed by atoms with E-state index < -0.39 is 0 Å². The smallest absolute Gasteiger partial charge is 0.251 e. The van der Waals surface area contributed by atoms with E-state index in [-0.39, 0.29) is 5.91 Å². The maximum atomic E-state index is 12.9. The van der Waals surface area contributed by atoms with Crippen molar-refractivity contribution in [1.29, 1.82) is 0 Å². The van der Waals surface area contributed by atoms with Gasteiger partial charge in [-0.2, -0.15) is 0 Å². The standard InChI is InChI=1S/C29H26N4O2S/c34-28(30-19-25-15-9-17-35-25)26-16-8-7-14-24(26)21-36-29-32-31-27(18-22-10-3-1-4-11-22)33(29)20-23-12-5-2-6-13-23/h1-17H,18-21H2,(H,30,34). The molecule has 0 atom stereocenters. The minimum atomic E-state index is -0.127. The highest BCUT2D eigenvalue weighted by atomic mass is 32.2. The van der Waals surface area contributed by atoms with Crippen LogP contribution in [0.3, 0.4) is 0 Å². The topological polar surface area (TPSA) is 73.0 Å². The molecule has 2 aromatic heterocycles. The van der Waals surface area contributed by atoms with Gasteiger partial charge in [-0.15, -0.1) is 10.2 Å². The Morgan fingerprint density at radius 1 is 0.833 bits per heavy atom. The van der Waals surface area contributed by atoms with Crippen molar-refractivity contribution in [2.75, 3.05) is 0 Å². The summed E-state index contributed by atoms with van der Waals surface area (Å²) in [4.78, 5) is 12.9. The van der Waals surface area contributed by atoms with E-state index in [1.165, 1.54) is 11.1 Å². The molecule has 5 aromatic rings. The number of rotatable bonds is 10. The fraction of sp³-hybridized carbons (Fsp3) is 0.138. The molecule has 6 nitrogen and oxygen atoms in total. The van der Waals surface area contributed by atoms with Crippen LogP contribution < -0.4 is 5.32 Å². The fourth-order valence-electron chi connectivity index (χ4n) is 3.95. The maximum absolute atomic E-state index is 12.9. The largest absolute Gasteiger partial charge is 0.467 e. The van der Waals surface area contributed by atoms with Crippen molar-refractivity contribution in [3.63, 3.8) is 0 Å². The van der Waals surface area contributed by atoms with E-state index in [0.717, 1.165) is 22.3 Å². The third kappa shape index (κ3) is 5.93. The number of aromatic nitrogens is 3. The van der Waals surface area contributed by atoms with Gasteiger partial charge in [-0.1, -0.05) is 90.6 Å². The maximum Gasteiger partial charge on any atom is 0.251 e. The first-order chi connectivity index (χ1) is 17.8. The lowest BCUT2D eigenvalue weighted by Gasteiger charge is -2.12. The van der Waals surface area contributed by atoms with Gasteiger partial charge in [0.15, 0.2) is 5.16 Å². The molecule has 0 saturated heterocycles. The van der Waals surface area contributed by atoms with Crippen LogP contribution in [-0.4, -0.2) is 20.7 Å². The molecule has 0 radical (unpaired) electrons. The predicted octanol–water partition coefficient (Wildman–Crippen LogP) is 5.73. The number of benzene rings is 3. The van der Waals surface area contributed by atoms with Gasteiger partial charge in [0.2, 0.25) is 0 Å². The van der Waals surface area contributed by atoms with E-state index in [0.29, 0.717) is 30.8 Å². The Morgan fingerprint density at radius 3 is 2.31 bits per heavy atom. The second-order valence-corrected chi connectivity index (χ2v) is 9.28. The predicted molar refractivity (Wildman–Crippen MR) is 141 cm³/mol. The minimum Gasteiger partial charge on any atom is -0.467 e. The van der Waals surface area contributed by atoms with Crippen molar-refractivity contribution < 1.29 is 9.21 Å². The summed E-state index contributed by atoms with van der Waals surface area (Å²) in [7, 11) is 0. The first kappa shape index (κ1) is 23.6. The summed E-state index contributed by atoms with van der Waals surface area (Å²) < 4.78 is 7.50. The van der Waals surface area contributed by atoms with E-state index in [9.17, 15) is 4.79 Å². The van der Waals surface area contributed by atoms with E-state index >= 15 is 0 Å². The van der Waals surface area contributed by atoms with Gasteiger partial charge < -0.3 is 14.3 Å². The summed E-state index contributed by atoms with van der Waals surface area (Å²) in [6.07, 6.45) is 2.30. The summed E-state index contributed by atoms with van der Waals surface area (Å²) in [5, 5.41) is 12.8. The zero-order chi connectivity index (χ0) is 24.6. The van der Waals surface area contributed by atoms with Gasteiger partial charge in [0.1, 0.15) is 11.6 Å². The Bertz CT molecular complexity index is 1400. The highest BCUT2D eigenvalue weighted by molar-refractivity contribution is 7.98. The van der Waals surface area contributed by atoms with E-state index in [2.05, 4.69) is 44.3 Å². The van der Waals surface area contributed by atoms with Gasteiger partial charge in [0.25, 0.3) is 5.91 Å². The van der Waals surface area contributed by atoms with Crippen LogP contribution in [0.4, 0.5) is 0 Å². The number of nitrogens with zero attached hydrogens (tertiary/aromatic N) is 3. The van der Waals surface area contributed by atoms with Crippen LogP contribution in [-0.2, 0) is 25.3 Å². The van der Waals surface area contributed by atoms with Crippen LogP contribution in [0.25, 0.3) is 0 Å². The Hall–Kier alpha value is -4.10. The van der Waals surface area contributed by atoms with Gasteiger partial charge in [0, 0.05) is 17.7 Å². The summed E-state index contributed by atoms with van der Waals surface area (Å²) in [5.41, 5.74) is 3.97. The fourth-order valence-corrected chi connectivity index (χ4v) is 4.91. The SMILES string of the molecule is O=C(NCc1ccco1)c1ccccc1CSc1nnc(Cc2ccccc2)n1Cc1ccccc1.